The minimum atomic E-state index is -0.567. The summed E-state index contributed by atoms with van der Waals surface area (Å²) in [6.07, 6.45) is 0.676. The van der Waals surface area contributed by atoms with Crippen molar-refractivity contribution >= 4 is 39.5 Å². The lowest BCUT2D eigenvalue weighted by atomic mass is 10.1. The number of nitrogens with zero attached hydrogens (tertiary/aromatic N) is 3. The van der Waals surface area contributed by atoms with E-state index in [-0.39, 0.29) is 16.2 Å². The van der Waals surface area contributed by atoms with Crippen LogP contribution in [0, 0.1) is 10.1 Å². The Morgan fingerprint density at radius 1 is 1.41 bits per heavy atom. The third-order valence-electron chi connectivity index (χ3n) is 3.03. The van der Waals surface area contributed by atoms with Gasteiger partial charge in [0.2, 0.25) is 0 Å². The highest BCUT2D eigenvalue weighted by atomic mass is 79.9. The lowest BCUT2D eigenvalue weighted by Gasteiger charge is -2.20. The van der Waals surface area contributed by atoms with Gasteiger partial charge < -0.3 is 0 Å². The molecule has 0 bridgehead atoms. The lowest BCUT2D eigenvalue weighted by molar-refractivity contribution is -0.384. The number of aromatic nitrogens is 2. The van der Waals surface area contributed by atoms with Crippen LogP contribution in [0.2, 0.25) is 5.02 Å². The first kappa shape index (κ1) is 16.6. The van der Waals surface area contributed by atoms with Crippen molar-refractivity contribution in [3.63, 3.8) is 0 Å². The zero-order chi connectivity index (χ0) is 16.7. The van der Waals surface area contributed by atoms with Crippen molar-refractivity contribution in [3.05, 3.63) is 43.5 Å². The molecule has 0 amide bonds. The Morgan fingerprint density at radius 3 is 2.55 bits per heavy atom. The molecule has 2 rings (SSSR count). The fourth-order valence-corrected chi connectivity index (χ4v) is 3.05. The second-order valence-corrected chi connectivity index (χ2v) is 6.84. The standard InChI is InChI=1S/C14H13BrClN3O3/c1-14(2,3)18-13(15)9(7-20)12(17-18)8-4-5-10(16)11(6-8)19(21)22/h4-7H,1-3H3. The summed E-state index contributed by atoms with van der Waals surface area (Å²) in [4.78, 5) is 21.8. The largest absolute Gasteiger partial charge is 0.298 e. The van der Waals surface area contributed by atoms with Crippen LogP contribution in [0.1, 0.15) is 31.1 Å². The molecule has 0 radical (unpaired) electrons. The van der Waals surface area contributed by atoms with Crippen molar-refractivity contribution in [1.29, 1.82) is 0 Å². The van der Waals surface area contributed by atoms with Crippen molar-refractivity contribution in [1.82, 2.24) is 9.78 Å². The van der Waals surface area contributed by atoms with E-state index in [4.69, 9.17) is 11.6 Å². The Labute approximate surface area is 140 Å². The molecule has 0 spiro atoms. The number of halogens is 2. The topological polar surface area (TPSA) is 78.0 Å². The first-order chi connectivity index (χ1) is 10.2. The van der Waals surface area contributed by atoms with E-state index in [0.29, 0.717) is 27.7 Å². The molecular formula is C14H13BrClN3O3. The number of rotatable bonds is 3. The summed E-state index contributed by atoms with van der Waals surface area (Å²) < 4.78 is 2.19. The van der Waals surface area contributed by atoms with Gasteiger partial charge in [-0.3, -0.25) is 19.6 Å². The van der Waals surface area contributed by atoms with Gasteiger partial charge >= 0.3 is 0 Å². The number of benzene rings is 1. The summed E-state index contributed by atoms with van der Waals surface area (Å²) in [5.74, 6) is 0. The number of hydrogen-bond donors (Lipinski definition) is 0. The second kappa shape index (κ2) is 5.81. The van der Waals surface area contributed by atoms with E-state index in [9.17, 15) is 14.9 Å². The zero-order valence-electron chi connectivity index (χ0n) is 12.1. The van der Waals surface area contributed by atoms with Crippen molar-refractivity contribution < 1.29 is 9.72 Å². The highest BCUT2D eigenvalue weighted by Gasteiger charge is 2.25. The van der Waals surface area contributed by atoms with Gasteiger partial charge in [0.25, 0.3) is 5.69 Å². The SMILES string of the molecule is CC(C)(C)n1nc(-c2ccc(Cl)c([N+](=O)[O-])c2)c(C=O)c1Br. The van der Waals surface area contributed by atoms with E-state index in [2.05, 4.69) is 21.0 Å². The van der Waals surface area contributed by atoms with E-state index in [0.717, 1.165) is 0 Å². The number of hydrogen-bond acceptors (Lipinski definition) is 4. The Morgan fingerprint density at radius 2 is 2.05 bits per heavy atom. The van der Waals surface area contributed by atoms with Gasteiger partial charge in [-0.05, 0) is 42.8 Å². The molecule has 0 atom stereocenters. The minimum absolute atomic E-state index is 0.0377. The maximum atomic E-state index is 11.4. The van der Waals surface area contributed by atoms with Gasteiger partial charge in [0.05, 0.1) is 16.0 Å². The quantitative estimate of drug-likeness (QED) is 0.444. The highest BCUT2D eigenvalue weighted by Crippen LogP contribution is 2.35. The first-order valence-electron chi connectivity index (χ1n) is 6.35. The molecule has 0 saturated carbocycles. The summed E-state index contributed by atoms with van der Waals surface area (Å²) >= 11 is 9.18. The molecule has 1 aromatic carbocycles. The molecule has 0 aliphatic rings. The normalized spacial score (nSPS) is 11.5. The predicted molar refractivity (Wildman–Crippen MR) is 87.4 cm³/mol. The van der Waals surface area contributed by atoms with Crippen LogP contribution in [0.25, 0.3) is 11.3 Å². The van der Waals surface area contributed by atoms with Crippen LogP contribution in [-0.2, 0) is 5.54 Å². The monoisotopic (exact) mass is 385 g/mol. The first-order valence-corrected chi connectivity index (χ1v) is 7.52. The predicted octanol–water partition coefficient (Wildman–Crippen LogP) is 4.44. The van der Waals surface area contributed by atoms with Crippen molar-refractivity contribution in [2.24, 2.45) is 0 Å². The van der Waals surface area contributed by atoms with Crippen molar-refractivity contribution in [2.75, 3.05) is 0 Å². The molecule has 0 aliphatic heterocycles. The van der Waals surface area contributed by atoms with E-state index < -0.39 is 4.92 Å². The van der Waals surface area contributed by atoms with E-state index >= 15 is 0 Å². The summed E-state index contributed by atoms with van der Waals surface area (Å²) in [5, 5.41) is 15.5. The summed E-state index contributed by atoms with van der Waals surface area (Å²) in [7, 11) is 0. The summed E-state index contributed by atoms with van der Waals surface area (Å²) in [6.45, 7) is 5.81. The summed E-state index contributed by atoms with van der Waals surface area (Å²) in [6, 6.07) is 4.34. The number of carbonyl (C=O) groups excluding carboxylic acids is 1. The molecule has 0 N–H and O–H groups in total. The molecule has 1 heterocycles. The van der Waals surface area contributed by atoms with Crippen molar-refractivity contribution in [3.8, 4) is 11.3 Å². The van der Waals surface area contributed by atoms with Crippen LogP contribution in [0.15, 0.2) is 22.8 Å². The third-order valence-corrected chi connectivity index (χ3v) is 4.12. The number of carbonyl (C=O) groups is 1. The Hall–Kier alpha value is -1.73. The molecule has 6 nitrogen and oxygen atoms in total. The number of nitro benzene ring substituents is 1. The van der Waals surface area contributed by atoms with Gasteiger partial charge in [-0.2, -0.15) is 5.10 Å². The van der Waals surface area contributed by atoms with Crippen LogP contribution in [0.5, 0.6) is 0 Å². The van der Waals surface area contributed by atoms with E-state index in [1.807, 2.05) is 20.8 Å². The average molecular weight is 387 g/mol. The average Bonchev–Trinajstić information content (AvgIpc) is 2.75. The fourth-order valence-electron chi connectivity index (χ4n) is 1.97. The zero-order valence-corrected chi connectivity index (χ0v) is 14.5. The van der Waals surface area contributed by atoms with Gasteiger partial charge in [0.1, 0.15) is 15.3 Å². The summed E-state index contributed by atoms with van der Waals surface area (Å²) in [5.41, 5.74) is 0.593. The molecular weight excluding hydrogens is 374 g/mol. The molecule has 0 saturated heterocycles. The third kappa shape index (κ3) is 2.91. The van der Waals surface area contributed by atoms with Crippen LogP contribution >= 0.6 is 27.5 Å². The minimum Gasteiger partial charge on any atom is -0.298 e. The van der Waals surface area contributed by atoms with Gasteiger partial charge in [0.15, 0.2) is 6.29 Å². The lowest BCUT2D eigenvalue weighted by Crippen LogP contribution is -2.23. The molecule has 116 valence electrons. The molecule has 0 unspecified atom stereocenters. The second-order valence-electron chi connectivity index (χ2n) is 5.68. The van der Waals surface area contributed by atoms with Gasteiger partial charge in [-0.1, -0.05) is 17.7 Å². The van der Waals surface area contributed by atoms with Crippen molar-refractivity contribution in [2.45, 2.75) is 26.3 Å². The Balaban J connectivity index is 2.70. The highest BCUT2D eigenvalue weighted by molar-refractivity contribution is 9.10. The molecule has 0 aliphatic carbocycles. The van der Waals surface area contributed by atoms with E-state index in [1.54, 1.807) is 10.7 Å². The van der Waals surface area contributed by atoms with Crippen LogP contribution in [0.4, 0.5) is 5.69 Å². The van der Waals surface area contributed by atoms with Gasteiger partial charge in [0, 0.05) is 11.6 Å². The number of aldehydes is 1. The molecule has 0 fully saturated rings. The Bertz CT molecular complexity index is 765. The van der Waals surface area contributed by atoms with Crippen LogP contribution in [-0.4, -0.2) is 21.0 Å². The maximum Gasteiger partial charge on any atom is 0.288 e. The molecule has 22 heavy (non-hydrogen) atoms. The molecule has 2 aromatic rings. The molecule has 1 aromatic heterocycles. The van der Waals surface area contributed by atoms with Crippen LogP contribution in [0.3, 0.4) is 0 Å². The van der Waals surface area contributed by atoms with Gasteiger partial charge in [-0.25, -0.2) is 0 Å². The maximum absolute atomic E-state index is 11.4. The number of nitro groups is 1. The Kier molecular flexibility index (Phi) is 4.39. The smallest absolute Gasteiger partial charge is 0.288 e. The fraction of sp³-hybridized carbons (Fsp3) is 0.286. The molecule has 8 heteroatoms. The van der Waals surface area contributed by atoms with Gasteiger partial charge in [-0.15, -0.1) is 0 Å². The van der Waals surface area contributed by atoms with Crippen LogP contribution < -0.4 is 0 Å². The van der Waals surface area contributed by atoms with E-state index in [1.165, 1.54) is 12.1 Å².